The number of piperazine rings is 1. The number of amides is 1. The molecule has 2 aliphatic rings. The molecule has 6 rings (SSSR count). The van der Waals surface area contributed by atoms with Gasteiger partial charge in [0.2, 0.25) is 5.89 Å². The van der Waals surface area contributed by atoms with Crippen LogP contribution in [0.2, 0.25) is 0 Å². The van der Waals surface area contributed by atoms with Crippen molar-refractivity contribution >= 4 is 17.1 Å². The third kappa shape index (κ3) is 5.03. The van der Waals surface area contributed by atoms with Crippen LogP contribution in [0.5, 0.6) is 0 Å². The Morgan fingerprint density at radius 2 is 2.05 bits per heavy atom. The number of anilines is 1. The lowest BCUT2D eigenvalue weighted by Gasteiger charge is -2.37. The van der Waals surface area contributed by atoms with Crippen molar-refractivity contribution in [2.24, 2.45) is 0 Å². The number of benzene rings is 1. The molecular formula is C28H32F2N8O2. The lowest BCUT2D eigenvalue weighted by molar-refractivity contribution is 0.0125. The van der Waals surface area contributed by atoms with Crippen LogP contribution in [0, 0.1) is 6.92 Å². The van der Waals surface area contributed by atoms with E-state index >= 15 is 0 Å². The van der Waals surface area contributed by atoms with Crippen molar-refractivity contribution in [2.45, 2.75) is 58.0 Å². The summed E-state index contributed by atoms with van der Waals surface area (Å²) >= 11 is 0. The van der Waals surface area contributed by atoms with Gasteiger partial charge in [-0.25, -0.2) is 18.3 Å². The Morgan fingerprint density at radius 3 is 2.80 bits per heavy atom. The van der Waals surface area contributed by atoms with Gasteiger partial charge in [0.15, 0.2) is 0 Å². The molecule has 0 saturated carbocycles. The monoisotopic (exact) mass is 550 g/mol. The lowest BCUT2D eigenvalue weighted by Crippen LogP contribution is -2.50. The minimum Gasteiger partial charge on any atom is -0.367 e. The molecule has 1 N–H and O–H groups in total. The molecule has 0 bridgehead atoms. The second-order valence-corrected chi connectivity index (χ2v) is 11.8. The minimum absolute atomic E-state index is 0.00895. The first-order valence-corrected chi connectivity index (χ1v) is 13.4. The SMILES string of the molecule is Cc1cc(-c2ncnn3cc(N4CCN5CC(F)(F)C[C@H]5C4)cc23)ccc1CNC(=O)c1noc(C(C)(C)C)n1. The van der Waals surface area contributed by atoms with Gasteiger partial charge in [-0.05, 0) is 30.2 Å². The van der Waals surface area contributed by atoms with Gasteiger partial charge in [0.1, 0.15) is 6.33 Å². The van der Waals surface area contributed by atoms with Crippen molar-refractivity contribution in [3.05, 3.63) is 59.6 Å². The van der Waals surface area contributed by atoms with E-state index in [9.17, 15) is 13.6 Å². The molecule has 2 aliphatic heterocycles. The summed E-state index contributed by atoms with van der Waals surface area (Å²) in [5, 5.41) is 11.1. The number of rotatable bonds is 5. The lowest BCUT2D eigenvalue weighted by atomic mass is 9.97. The van der Waals surface area contributed by atoms with Gasteiger partial charge in [-0.2, -0.15) is 10.1 Å². The van der Waals surface area contributed by atoms with Crippen molar-refractivity contribution in [3.8, 4) is 11.3 Å². The minimum atomic E-state index is -2.61. The van der Waals surface area contributed by atoms with Crippen LogP contribution in [0.4, 0.5) is 14.5 Å². The highest BCUT2D eigenvalue weighted by atomic mass is 19.3. The van der Waals surface area contributed by atoms with Gasteiger partial charge in [0.05, 0.1) is 29.6 Å². The van der Waals surface area contributed by atoms with Crippen LogP contribution < -0.4 is 10.2 Å². The average Bonchev–Trinajstić information content (AvgIpc) is 3.62. The number of aryl methyl sites for hydroxylation is 1. The Morgan fingerprint density at radius 1 is 1.23 bits per heavy atom. The molecule has 3 aromatic heterocycles. The number of halogens is 2. The van der Waals surface area contributed by atoms with Crippen molar-refractivity contribution in [1.29, 1.82) is 0 Å². The van der Waals surface area contributed by atoms with Gasteiger partial charge in [0, 0.05) is 49.6 Å². The van der Waals surface area contributed by atoms with E-state index in [0.29, 0.717) is 32.1 Å². The number of carbonyl (C=O) groups excluding carboxylic acids is 1. The van der Waals surface area contributed by atoms with Crippen LogP contribution in [-0.4, -0.2) is 73.7 Å². The average molecular weight is 551 g/mol. The maximum Gasteiger partial charge on any atom is 0.292 e. The number of aromatic nitrogens is 5. The van der Waals surface area contributed by atoms with Crippen LogP contribution >= 0.6 is 0 Å². The van der Waals surface area contributed by atoms with E-state index in [1.54, 1.807) is 4.52 Å². The predicted octanol–water partition coefficient (Wildman–Crippen LogP) is 3.84. The van der Waals surface area contributed by atoms with Gasteiger partial charge in [0.25, 0.3) is 17.7 Å². The summed E-state index contributed by atoms with van der Waals surface area (Å²) in [7, 11) is 0. The molecule has 0 radical (unpaired) electrons. The van der Waals surface area contributed by atoms with E-state index in [2.05, 4.69) is 30.4 Å². The van der Waals surface area contributed by atoms with Crippen molar-refractivity contribution < 1.29 is 18.1 Å². The van der Waals surface area contributed by atoms with E-state index in [4.69, 9.17) is 4.52 Å². The van der Waals surface area contributed by atoms with E-state index in [1.807, 2.05) is 63.1 Å². The number of hydrogen-bond donors (Lipinski definition) is 1. The van der Waals surface area contributed by atoms with E-state index < -0.39 is 11.8 Å². The Bertz CT molecular complexity index is 1570. The number of hydrogen-bond acceptors (Lipinski definition) is 8. The summed E-state index contributed by atoms with van der Waals surface area (Å²) in [5.74, 6) is -2.59. The highest BCUT2D eigenvalue weighted by molar-refractivity contribution is 5.90. The normalized spacial score (nSPS) is 19.2. The summed E-state index contributed by atoms with van der Waals surface area (Å²) in [6, 6.07) is 7.84. The Balaban J connectivity index is 1.18. The quantitative estimate of drug-likeness (QED) is 0.400. The Labute approximate surface area is 230 Å². The number of alkyl halides is 2. The number of carbonyl (C=O) groups is 1. The zero-order valence-electron chi connectivity index (χ0n) is 23.0. The molecule has 2 saturated heterocycles. The third-order valence-corrected chi connectivity index (χ3v) is 7.66. The topological polar surface area (TPSA) is 105 Å². The maximum atomic E-state index is 13.9. The Hall–Kier alpha value is -3.93. The van der Waals surface area contributed by atoms with Crippen molar-refractivity contribution in [2.75, 3.05) is 31.1 Å². The van der Waals surface area contributed by atoms with Gasteiger partial charge < -0.3 is 14.7 Å². The number of nitrogens with zero attached hydrogens (tertiary/aromatic N) is 7. The molecule has 5 heterocycles. The molecule has 1 atom stereocenters. The van der Waals surface area contributed by atoms with E-state index in [1.165, 1.54) is 6.33 Å². The maximum absolute atomic E-state index is 13.9. The van der Waals surface area contributed by atoms with Crippen LogP contribution in [0.15, 0.2) is 41.3 Å². The first-order chi connectivity index (χ1) is 19.0. The standard InChI is InChI=1S/C28H32F2N8O2/c1-17-9-18(5-6-19(17)12-31-25(39)24-34-26(40-35-24)27(2,3)4)23-22-10-20(14-38(22)33-16-32-23)36-7-8-37-15-28(29,30)11-21(37)13-36/h5-6,9-10,14,16,21H,7-8,11-13,15H2,1-4H3,(H,31,39)/t21-/m0/s1. The Kier molecular flexibility index (Phi) is 6.32. The molecule has 0 spiro atoms. The fraction of sp³-hybridized carbons (Fsp3) is 0.464. The van der Waals surface area contributed by atoms with Crippen LogP contribution in [0.3, 0.4) is 0 Å². The van der Waals surface area contributed by atoms with Gasteiger partial charge in [-0.1, -0.05) is 38.1 Å². The molecular weight excluding hydrogens is 518 g/mol. The summed E-state index contributed by atoms with van der Waals surface area (Å²) in [6.45, 7) is 9.83. The predicted molar refractivity (Wildman–Crippen MR) is 144 cm³/mol. The largest absolute Gasteiger partial charge is 0.367 e. The molecule has 1 amide bonds. The molecule has 4 aromatic rings. The molecule has 0 aliphatic carbocycles. The zero-order valence-corrected chi connectivity index (χ0v) is 23.0. The molecule has 0 unspecified atom stereocenters. The smallest absolute Gasteiger partial charge is 0.292 e. The first kappa shape index (κ1) is 26.3. The second-order valence-electron chi connectivity index (χ2n) is 11.8. The number of nitrogens with one attached hydrogen (secondary N) is 1. The summed E-state index contributed by atoms with van der Waals surface area (Å²) in [4.78, 5) is 25.4. The molecule has 40 heavy (non-hydrogen) atoms. The highest BCUT2D eigenvalue weighted by Gasteiger charge is 2.46. The van der Waals surface area contributed by atoms with Crippen molar-refractivity contribution in [3.63, 3.8) is 0 Å². The van der Waals surface area contributed by atoms with Gasteiger partial charge in [-0.3, -0.25) is 9.69 Å². The highest BCUT2D eigenvalue weighted by Crippen LogP contribution is 2.36. The summed E-state index contributed by atoms with van der Waals surface area (Å²) in [5.41, 5.74) is 5.07. The molecule has 12 heteroatoms. The molecule has 1 aromatic carbocycles. The van der Waals surface area contributed by atoms with Crippen LogP contribution in [0.25, 0.3) is 16.8 Å². The second kappa shape index (κ2) is 9.61. The fourth-order valence-electron chi connectivity index (χ4n) is 5.46. The van der Waals surface area contributed by atoms with Crippen molar-refractivity contribution in [1.82, 2.24) is 35.0 Å². The first-order valence-electron chi connectivity index (χ1n) is 13.4. The molecule has 10 nitrogen and oxygen atoms in total. The van der Waals surface area contributed by atoms with Gasteiger partial charge in [-0.15, -0.1) is 0 Å². The van der Waals surface area contributed by atoms with Gasteiger partial charge >= 0.3 is 0 Å². The molecule has 2 fully saturated rings. The summed E-state index contributed by atoms with van der Waals surface area (Å²) < 4.78 is 34.9. The molecule has 210 valence electrons. The van der Waals surface area contributed by atoms with E-state index in [-0.39, 0.29) is 30.2 Å². The van der Waals surface area contributed by atoms with Crippen LogP contribution in [-0.2, 0) is 12.0 Å². The summed E-state index contributed by atoms with van der Waals surface area (Å²) in [6.07, 6.45) is 3.35. The van der Waals surface area contributed by atoms with Crippen LogP contribution in [0.1, 0.15) is 54.8 Å². The number of fused-ring (bicyclic) bond motifs is 2. The third-order valence-electron chi connectivity index (χ3n) is 7.66. The fourth-order valence-corrected chi connectivity index (χ4v) is 5.46. The van der Waals surface area contributed by atoms with E-state index in [0.717, 1.165) is 33.6 Å². The zero-order chi connectivity index (χ0) is 28.2.